The van der Waals surface area contributed by atoms with Crippen LogP contribution in [0.2, 0.25) is 0 Å². The van der Waals surface area contributed by atoms with Gasteiger partial charge in [0.2, 0.25) is 5.91 Å². The molecule has 0 aliphatic rings. The standard InChI is InChI=1S/C15H24N4O2/c1-11(2)9-18-14(20)7-8-17-10-12-5-3-4-6-13(12)15(16)19-21/h3-6,11,17,21H,7-10H2,1-2H3,(H2,16,19)(H,18,20). The van der Waals surface area contributed by atoms with Gasteiger partial charge in [-0.1, -0.05) is 43.3 Å². The van der Waals surface area contributed by atoms with Crippen LogP contribution in [0, 0.1) is 5.92 Å². The molecule has 0 spiro atoms. The Labute approximate surface area is 125 Å². The summed E-state index contributed by atoms with van der Waals surface area (Å²) in [5.74, 6) is 0.581. The molecular formula is C15H24N4O2. The fourth-order valence-corrected chi connectivity index (χ4v) is 1.81. The Hall–Kier alpha value is -2.08. The van der Waals surface area contributed by atoms with E-state index < -0.39 is 0 Å². The molecule has 0 atom stereocenters. The van der Waals surface area contributed by atoms with E-state index in [2.05, 4.69) is 29.6 Å². The zero-order valence-corrected chi connectivity index (χ0v) is 12.6. The molecule has 0 saturated heterocycles. The lowest BCUT2D eigenvalue weighted by Crippen LogP contribution is -2.30. The predicted molar refractivity (Wildman–Crippen MR) is 83.1 cm³/mol. The zero-order valence-electron chi connectivity index (χ0n) is 12.6. The van der Waals surface area contributed by atoms with Crippen LogP contribution in [0.15, 0.2) is 29.4 Å². The first-order valence-corrected chi connectivity index (χ1v) is 7.07. The molecule has 1 amide bonds. The van der Waals surface area contributed by atoms with Crippen LogP contribution in [0.25, 0.3) is 0 Å². The van der Waals surface area contributed by atoms with Crippen molar-refractivity contribution in [3.05, 3.63) is 35.4 Å². The van der Waals surface area contributed by atoms with E-state index in [4.69, 9.17) is 10.9 Å². The van der Waals surface area contributed by atoms with E-state index in [1.807, 2.05) is 18.2 Å². The van der Waals surface area contributed by atoms with Gasteiger partial charge in [-0.05, 0) is 11.5 Å². The minimum atomic E-state index is 0.0425. The highest BCUT2D eigenvalue weighted by Crippen LogP contribution is 2.08. The number of nitrogens with one attached hydrogen (secondary N) is 2. The monoisotopic (exact) mass is 292 g/mol. The molecule has 0 aliphatic heterocycles. The molecule has 0 radical (unpaired) electrons. The van der Waals surface area contributed by atoms with Gasteiger partial charge >= 0.3 is 0 Å². The number of oxime groups is 1. The second-order valence-corrected chi connectivity index (χ2v) is 5.27. The number of hydrogen-bond donors (Lipinski definition) is 4. The molecule has 6 nitrogen and oxygen atoms in total. The molecule has 6 heteroatoms. The molecule has 0 heterocycles. The second kappa shape index (κ2) is 8.97. The summed E-state index contributed by atoms with van der Waals surface area (Å²) < 4.78 is 0. The first-order valence-electron chi connectivity index (χ1n) is 7.07. The molecule has 1 aromatic rings. The van der Waals surface area contributed by atoms with Crippen LogP contribution in [0.4, 0.5) is 0 Å². The second-order valence-electron chi connectivity index (χ2n) is 5.27. The number of nitrogens with two attached hydrogens (primary N) is 1. The minimum absolute atomic E-state index is 0.0425. The normalized spacial score (nSPS) is 11.7. The Bertz CT molecular complexity index is 486. The number of amidine groups is 1. The highest BCUT2D eigenvalue weighted by molar-refractivity contribution is 5.98. The lowest BCUT2D eigenvalue weighted by molar-refractivity contribution is -0.121. The molecule has 0 unspecified atom stereocenters. The molecular weight excluding hydrogens is 268 g/mol. The Balaban J connectivity index is 2.38. The van der Waals surface area contributed by atoms with Gasteiger partial charge in [-0.2, -0.15) is 0 Å². The largest absolute Gasteiger partial charge is 0.409 e. The van der Waals surface area contributed by atoms with Crippen molar-refractivity contribution in [3.8, 4) is 0 Å². The molecule has 116 valence electrons. The van der Waals surface area contributed by atoms with E-state index in [1.54, 1.807) is 6.07 Å². The quantitative estimate of drug-likeness (QED) is 0.189. The molecule has 0 aromatic heterocycles. The summed E-state index contributed by atoms with van der Waals surface area (Å²) in [4.78, 5) is 11.6. The van der Waals surface area contributed by atoms with Gasteiger partial charge in [-0.3, -0.25) is 4.79 Å². The first kappa shape index (κ1) is 17.0. The maximum absolute atomic E-state index is 11.6. The third-order valence-electron chi connectivity index (χ3n) is 2.95. The fourth-order valence-electron chi connectivity index (χ4n) is 1.81. The van der Waals surface area contributed by atoms with Crippen molar-refractivity contribution >= 4 is 11.7 Å². The van der Waals surface area contributed by atoms with Gasteiger partial charge in [0.25, 0.3) is 0 Å². The van der Waals surface area contributed by atoms with Gasteiger partial charge in [0.15, 0.2) is 5.84 Å². The highest BCUT2D eigenvalue weighted by Gasteiger charge is 2.06. The van der Waals surface area contributed by atoms with Crippen LogP contribution >= 0.6 is 0 Å². The summed E-state index contributed by atoms with van der Waals surface area (Å²) >= 11 is 0. The molecule has 0 bridgehead atoms. The van der Waals surface area contributed by atoms with Crippen molar-refractivity contribution in [2.75, 3.05) is 13.1 Å². The average molecular weight is 292 g/mol. The number of rotatable bonds is 8. The first-order chi connectivity index (χ1) is 10.0. The maximum Gasteiger partial charge on any atom is 0.221 e. The smallest absolute Gasteiger partial charge is 0.221 e. The Kier molecular flexibility index (Phi) is 7.25. The van der Waals surface area contributed by atoms with Crippen molar-refractivity contribution in [2.45, 2.75) is 26.8 Å². The average Bonchev–Trinajstić information content (AvgIpc) is 2.49. The Morgan fingerprint density at radius 3 is 2.76 bits per heavy atom. The third kappa shape index (κ3) is 6.27. The lowest BCUT2D eigenvalue weighted by Gasteiger charge is -2.10. The van der Waals surface area contributed by atoms with Crippen LogP contribution in [0.5, 0.6) is 0 Å². The molecule has 5 N–H and O–H groups in total. The fraction of sp³-hybridized carbons (Fsp3) is 0.467. The third-order valence-corrected chi connectivity index (χ3v) is 2.95. The van der Waals surface area contributed by atoms with Crippen LogP contribution in [0.1, 0.15) is 31.4 Å². The molecule has 0 saturated carbocycles. The molecule has 0 aliphatic carbocycles. The van der Waals surface area contributed by atoms with Crippen LogP contribution in [0.3, 0.4) is 0 Å². The summed E-state index contributed by atoms with van der Waals surface area (Å²) in [5.41, 5.74) is 7.24. The Morgan fingerprint density at radius 1 is 1.38 bits per heavy atom. The predicted octanol–water partition coefficient (Wildman–Crippen LogP) is 1.03. The summed E-state index contributed by atoms with van der Waals surface area (Å²) in [5, 5.41) is 17.8. The van der Waals surface area contributed by atoms with E-state index in [1.165, 1.54) is 0 Å². The zero-order chi connectivity index (χ0) is 15.7. The van der Waals surface area contributed by atoms with Crippen LogP contribution < -0.4 is 16.4 Å². The van der Waals surface area contributed by atoms with Crippen LogP contribution in [-0.4, -0.2) is 30.0 Å². The lowest BCUT2D eigenvalue weighted by atomic mass is 10.1. The molecule has 0 fully saturated rings. The number of hydrogen-bond acceptors (Lipinski definition) is 4. The van der Waals surface area contributed by atoms with Crippen molar-refractivity contribution in [2.24, 2.45) is 16.8 Å². The Morgan fingerprint density at radius 2 is 2.10 bits per heavy atom. The van der Waals surface area contributed by atoms with Gasteiger partial charge in [-0.15, -0.1) is 0 Å². The van der Waals surface area contributed by atoms with Gasteiger partial charge in [0, 0.05) is 31.6 Å². The summed E-state index contributed by atoms with van der Waals surface area (Å²) in [7, 11) is 0. The SMILES string of the molecule is CC(C)CNC(=O)CCNCc1ccccc1/C(N)=N/O. The van der Waals surface area contributed by atoms with Crippen LogP contribution in [-0.2, 0) is 11.3 Å². The number of carbonyl (C=O) groups excluding carboxylic acids is 1. The van der Waals surface area contributed by atoms with E-state index >= 15 is 0 Å². The van der Waals surface area contributed by atoms with E-state index in [-0.39, 0.29) is 11.7 Å². The topological polar surface area (TPSA) is 99.7 Å². The van der Waals surface area contributed by atoms with Crippen molar-refractivity contribution in [1.29, 1.82) is 0 Å². The van der Waals surface area contributed by atoms with Gasteiger partial charge in [0.1, 0.15) is 0 Å². The van der Waals surface area contributed by atoms with Crippen molar-refractivity contribution < 1.29 is 10.0 Å². The summed E-state index contributed by atoms with van der Waals surface area (Å²) in [6.45, 7) is 5.95. The molecule has 1 rings (SSSR count). The van der Waals surface area contributed by atoms with E-state index in [0.717, 1.165) is 5.56 Å². The van der Waals surface area contributed by atoms with Crippen molar-refractivity contribution in [1.82, 2.24) is 10.6 Å². The highest BCUT2D eigenvalue weighted by atomic mass is 16.4. The van der Waals surface area contributed by atoms with Gasteiger partial charge < -0.3 is 21.6 Å². The minimum Gasteiger partial charge on any atom is -0.409 e. The van der Waals surface area contributed by atoms with E-state index in [0.29, 0.717) is 37.5 Å². The van der Waals surface area contributed by atoms with E-state index in [9.17, 15) is 4.79 Å². The number of amides is 1. The molecule has 21 heavy (non-hydrogen) atoms. The number of benzene rings is 1. The summed E-state index contributed by atoms with van der Waals surface area (Å²) in [6.07, 6.45) is 0.429. The maximum atomic E-state index is 11.6. The van der Waals surface area contributed by atoms with Crippen molar-refractivity contribution in [3.63, 3.8) is 0 Å². The number of carbonyl (C=O) groups is 1. The van der Waals surface area contributed by atoms with Gasteiger partial charge in [-0.25, -0.2) is 0 Å². The van der Waals surface area contributed by atoms with Gasteiger partial charge in [0.05, 0.1) is 0 Å². The molecule has 1 aromatic carbocycles. The number of nitrogens with zero attached hydrogens (tertiary/aromatic N) is 1. The summed E-state index contributed by atoms with van der Waals surface area (Å²) in [6, 6.07) is 7.41.